The van der Waals surface area contributed by atoms with Crippen molar-refractivity contribution in [1.29, 1.82) is 0 Å². The molecule has 0 radical (unpaired) electrons. The molecule has 0 amide bonds. The van der Waals surface area contributed by atoms with Gasteiger partial charge in [-0.25, -0.2) is 4.79 Å². The summed E-state index contributed by atoms with van der Waals surface area (Å²) in [6, 6.07) is 1.75. The predicted molar refractivity (Wildman–Crippen MR) is 56.7 cm³/mol. The Morgan fingerprint density at radius 1 is 1.87 bits per heavy atom. The van der Waals surface area contributed by atoms with E-state index in [0.717, 1.165) is 5.69 Å². The van der Waals surface area contributed by atoms with E-state index < -0.39 is 5.97 Å². The fourth-order valence-electron chi connectivity index (χ4n) is 1.12. The first-order chi connectivity index (χ1) is 7.04. The van der Waals surface area contributed by atoms with Crippen LogP contribution in [-0.2, 0) is 13.6 Å². The van der Waals surface area contributed by atoms with E-state index in [2.05, 4.69) is 17.0 Å². The molecule has 1 aromatic heterocycles. The Kier molecular flexibility index (Phi) is 3.62. The zero-order valence-corrected chi connectivity index (χ0v) is 8.90. The van der Waals surface area contributed by atoms with E-state index in [4.69, 9.17) is 5.11 Å². The molecule has 15 heavy (non-hydrogen) atoms. The van der Waals surface area contributed by atoms with Crippen molar-refractivity contribution in [3.05, 3.63) is 30.1 Å². The molecule has 1 aromatic rings. The van der Waals surface area contributed by atoms with Crippen LogP contribution in [0.1, 0.15) is 23.1 Å². The summed E-state index contributed by atoms with van der Waals surface area (Å²) in [6.45, 7) is 6.20. The minimum Gasteiger partial charge on any atom is -0.476 e. The molecule has 1 unspecified atom stereocenters. The first-order valence-corrected chi connectivity index (χ1v) is 4.66. The van der Waals surface area contributed by atoms with Crippen molar-refractivity contribution >= 4 is 5.97 Å². The lowest BCUT2D eigenvalue weighted by Gasteiger charge is -2.08. The minimum atomic E-state index is -1.01. The van der Waals surface area contributed by atoms with Crippen LogP contribution in [0, 0.1) is 0 Å². The SMILES string of the molecule is C=CC(C)NCc1cc(C(=O)O)nn1C. The number of carboxylic acids is 1. The lowest BCUT2D eigenvalue weighted by molar-refractivity contribution is 0.0689. The van der Waals surface area contributed by atoms with Crippen LogP contribution in [0.3, 0.4) is 0 Å². The Hall–Kier alpha value is -1.62. The van der Waals surface area contributed by atoms with Gasteiger partial charge in [-0.15, -0.1) is 6.58 Å². The number of carboxylic acid groups (broad SMARTS) is 1. The molecule has 0 aliphatic carbocycles. The van der Waals surface area contributed by atoms with Crippen LogP contribution >= 0.6 is 0 Å². The molecule has 82 valence electrons. The van der Waals surface area contributed by atoms with Crippen molar-refractivity contribution in [2.24, 2.45) is 7.05 Å². The summed E-state index contributed by atoms with van der Waals surface area (Å²) in [5.74, 6) is -1.01. The van der Waals surface area contributed by atoms with Crippen LogP contribution in [0.5, 0.6) is 0 Å². The van der Waals surface area contributed by atoms with E-state index >= 15 is 0 Å². The zero-order chi connectivity index (χ0) is 11.4. The summed E-state index contributed by atoms with van der Waals surface area (Å²) >= 11 is 0. The Bertz CT molecular complexity index is 371. The van der Waals surface area contributed by atoms with Gasteiger partial charge in [0, 0.05) is 19.6 Å². The molecule has 0 aromatic carbocycles. The number of nitrogens with zero attached hydrogens (tertiary/aromatic N) is 2. The molecule has 0 spiro atoms. The highest BCUT2D eigenvalue weighted by atomic mass is 16.4. The van der Waals surface area contributed by atoms with Gasteiger partial charge < -0.3 is 10.4 Å². The average molecular weight is 209 g/mol. The number of hydrogen-bond acceptors (Lipinski definition) is 3. The molecule has 0 aliphatic rings. The standard InChI is InChI=1S/C10H15N3O2/c1-4-7(2)11-6-8-5-9(10(14)15)12-13(8)3/h4-5,7,11H,1,6H2,2-3H3,(H,14,15). The molecule has 0 aliphatic heterocycles. The molecule has 0 saturated carbocycles. The maximum atomic E-state index is 10.6. The summed E-state index contributed by atoms with van der Waals surface area (Å²) in [6.07, 6.45) is 1.79. The molecule has 0 saturated heterocycles. The van der Waals surface area contributed by atoms with Crippen molar-refractivity contribution in [3.63, 3.8) is 0 Å². The predicted octanol–water partition coefficient (Wildman–Crippen LogP) is 0.782. The van der Waals surface area contributed by atoms with Crippen molar-refractivity contribution < 1.29 is 9.90 Å². The molecule has 1 heterocycles. The number of nitrogens with one attached hydrogen (secondary N) is 1. The summed E-state index contributed by atoms with van der Waals surface area (Å²) < 4.78 is 1.56. The van der Waals surface area contributed by atoms with Crippen LogP contribution in [0.25, 0.3) is 0 Å². The van der Waals surface area contributed by atoms with Gasteiger partial charge in [0.15, 0.2) is 5.69 Å². The highest BCUT2D eigenvalue weighted by Gasteiger charge is 2.10. The van der Waals surface area contributed by atoms with Crippen molar-refractivity contribution in [3.8, 4) is 0 Å². The number of hydrogen-bond donors (Lipinski definition) is 2. The lowest BCUT2D eigenvalue weighted by Crippen LogP contribution is -2.24. The fourth-order valence-corrected chi connectivity index (χ4v) is 1.12. The first-order valence-electron chi connectivity index (χ1n) is 4.66. The molecular formula is C10H15N3O2. The third kappa shape index (κ3) is 2.92. The number of aromatic nitrogens is 2. The molecule has 0 fully saturated rings. The summed E-state index contributed by atoms with van der Waals surface area (Å²) in [4.78, 5) is 10.6. The molecule has 5 nitrogen and oxygen atoms in total. The van der Waals surface area contributed by atoms with Gasteiger partial charge in [0.25, 0.3) is 0 Å². The number of rotatable bonds is 5. The topological polar surface area (TPSA) is 67.2 Å². The van der Waals surface area contributed by atoms with Crippen LogP contribution in [0.2, 0.25) is 0 Å². The highest BCUT2D eigenvalue weighted by Crippen LogP contribution is 2.03. The second-order valence-corrected chi connectivity index (χ2v) is 3.35. The average Bonchev–Trinajstić information content (AvgIpc) is 2.56. The fraction of sp³-hybridized carbons (Fsp3) is 0.400. The molecule has 2 N–H and O–H groups in total. The van der Waals surface area contributed by atoms with Gasteiger partial charge in [-0.05, 0) is 13.0 Å². The number of aromatic carboxylic acids is 1. The van der Waals surface area contributed by atoms with Crippen molar-refractivity contribution in [1.82, 2.24) is 15.1 Å². The van der Waals surface area contributed by atoms with Crippen molar-refractivity contribution in [2.45, 2.75) is 19.5 Å². The van der Waals surface area contributed by atoms with Crippen molar-refractivity contribution in [2.75, 3.05) is 0 Å². The number of carbonyl (C=O) groups is 1. The molecule has 0 bridgehead atoms. The normalized spacial score (nSPS) is 12.4. The van der Waals surface area contributed by atoms with Gasteiger partial charge >= 0.3 is 5.97 Å². The highest BCUT2D eigenvalue weighted by molar-refractivity contribution is 5.85. The molecule has 5 heteroatoms. The smallest absolute Gasteiger partial charge is 0.356 e. The van der Waals surface area contributed by atoms with E-state index in [-0.39, 0.29) is 11.7 Å². The Morgan fingerprint density at radius 2 is 2.53 bits per heavy atom. The summed E-state index contributed by atoms with van der Waals surface area (Å²) in [5, 5.41) is 15.8. The van der Waals surface area contributed by atoms with E-state index in [0.29, 0.717) is 6.54 Å². The largest absolute Gasteiger partial charge is 0.476 e. The molecular weight excluding hydrogens is 194 g/mol. The van der Waals surface area contributed by atoms with Gasteiger partial charge in [-0.3, -0.25) is 4.68 Å². The maximum absolute atomic E-state index is 10.6. The van der Waals surface area contributed by atoms with Crippen LogP contribution < -0.4 is 5.32 Å². The number of aryl methyl sites for hydroxylation is 1. The Morgan fingerprint density at radius 3 is 3.00 bits per heavy atom. The third-order valence-electron chi connectivity index (χ3n) is 2.15. The van der Waals surface area contributed by atoms with Gasteiger partial charge in [0.05, 0.1) is 5.69 Å². The second-order valence-electron chi connectivity index (χ2n) is 3.35. The van der Waals surface area contributed by atoms with Crippen LogP contribution in [-0.4, -0.2) is 26.9 Å². The third-order valence-corrected chi connectivity index (χ3v) is 2.15. The van der Waals surface area contributed by atoms with Gasteiger partial charge in [0.2, 0.25) is 0 Å². The Balaban J connectivity index is 2.69. The monoisotopic (exact) mass is 209 g/mol. The van der Waals surface area contributed by atoms with Gasteiger partial charge in [0.1, 0.15) is 0 Å². The maximum Gasteiger partial charge on any atom is 0.356 e. The van der Waals surface area contributed by atoms with E-state index in [9.17, 15) is 4.79 Å². The van der Waals surface area contributed by atoms with Crippen LogP contribution in [0.15, 0.2) is 18.7 Å². The molecule has 1 atom stereocenters. The van der Waals surface area contributed by atoms with E-state index in [1.165, 1.54) is 0 Å². The molecule has 1 rings (SSSR count). The van der Waals surface area contributed by atoms with E-state index in [1.807, 2.05) is 6.92 Å². The van der Waals surface area contributed by atoms with Gasteiger partial charge in [-0.2, -0.15) is 5.10 Å². The summed E-state index contributed by atoms with van der Waals surface area (Å²) in [5.41, 5.74) is 0.904. The first kappa shape index (κ1) is 11.5. The van der Waals surface area contributed by atoms with E-state index in [1.54, 1.807) is 23.9 Å². The lowest BCUT2D eigenvalue weighted by atomic mass is 10.3. The summed E-state index contributed by atoms with van der Waals surface area (Å²) in [7, 11) is 1.72. The van der Waals surface area contributed by atoms with Crippen LogP contribution in [0.4, 0.5) is 0 Å². The van der Waals surface area contributed by atoms with Gasteiger partial charge in [-0.1, -0.05) is 6.08 Å². The second kappa shape index (κ2) is 4.75. The Labute approximate surface area is 88.4 Å². The quantitative estimate of drug-likeness (QED) is 0.703. The minimum absolute atomic E-state index is 0.0700. The zero-order valence-electron chi connectivity index (χ0n) is 8.90.